The second kappa shape index (κ2) is 5.67. The predicted molar refractivity (Wildman–Crippen MR) is 75.9 cm³/mol. The van der Waals surface area contributed by atoms with Crippen LogP contribution in [0.15, 0.2) is 44.5 Å². The van der Waals surface area contributed by atoms with Crippen molar-refractivity contribution in [2.45, 2.75) is 37.1 Å². The van der Waals surface area contributed by atoms with Crippen molar-refractivity contribution in [3.63, 3.8) is 0 Å². The van der Waals surface area contributed by atoms with Crippen molar-refractivity contribution in [2.24, 2.45) is 0 Å². The Bertz CT molecular complexity index is 686. The maximum atomic E-state index is 12.7. The minimum Gasteiger partial charge on any atom is -0.468 e. The first-order valence-corrected chi connectivity index (χ1v) is 8.33. The smallest absolute Gasteiger partial charge is 0.277 e. The van der Waals surface area contributed by atoms with Crippen LogP contribution in [0.2, 0.25) is 0 Å². The molecule has 0 radical (unpaired) electrons. The molecule has 1 N–H and O–H groups in total. The quantitative estimate of drug-likeness (QED) is 0.846. The lowest BCUT2D eigenvalue weighted by atomic mass is 10.4. The molecule has 0 saturated heterocycles. The summed E-state index contributed by atoms with van der Waals surface area (Å²) in [5, 5.41) is 2.92. The van der Waals surface area contributed by atoms with Crippen LogP contribution in [-0.2, 0) is 23.1 Å². The Labute approximate surface area is 123 Å². The average molecular weight is 310 g/mol. The van der Waals surface area contributed by atoms with E-state index in [1.165, 1.54) is 10.4 Å². The summed E-state index contributed by atoms with van der Waals surface area (Å²) in [6, 6.07) is 6.77. The molecule has 1 aliphatic carbocycles. The summed E-state index contributed by atoms with van der Waals surface area (Å²) in [5.41, 5.74) is 0. The van der Waals surface area contributed by atoms with E-state index in [1.807, 2.05) is 0 Å². The second-order valence-corrected chi connectivity index (χ2v) is 6.93. The molecule has 0 atom stereocenters. The molecule has 2 heterocycles. The lowest BCUT2D eigenvalue weighted by molar-refractivity contribution is 0.334. The van der Waals surface area contributed by atoms with Gasteiger partial charge in [-0.3, -0.25) is 0 Å². The molecule has 0 amide bonds. The summed E-state index contributed by atoms with van der Waals surface area (Å²) in [7, 11) is -1.85. The van der Waals surface area contributed by atoms with Crippen molar-refractivity contribution in [1.82, 2.24) is 9.62 Å². The molecule has 6 nitrogen and oxygen atoms in total. The fourth-order valence-electron chi connectivity index (χ4n) is 2.21. The van der Waals surface area contributed by atoms with Gasteiger partial charge in [0.15, 0.2) is 0 Å². The molecule has 7 heteroatoms. The molecule has 3 rings (SSSR count). The van der Waals surface area contributed by atoms with E-state index in [1.54, 1.807) is 31.5 Å². The lowest BCUT2D eigenvalue weighted by Gasteiger charge is -2.19. The zero-order chi connectivity index (χ0) is 14.9. The zero-order valence-corrected chi connectivity index (χ0v) is 12.6. The van der Waals surface area contributed by atoms with Crippen LogP contribution in [0.3, 0.4) is 0 Å². The van der Waals surface area contributed by atoms with E-state index >= 15 is 0 Å². The van der Waals surface area contributed by atoms with Crippen molar-refractivity contribution < 1.29 is 17.3 Å². The van der Waals surface area contributed by atoms with E-state index in [4.69, 9.17) is 8.83 Å². The topological polar surface area (TPSA) is 75.7 Å². The third-order valence-corrected chi connectivity index (χ3v) is 5.17. The number of sulfonamides is 1. The molecule has 0 aromatic carbocycles. The Hall–Kier alpha value is -1.57. The summed E-state index contributed by atoms with van der Waals surface area (Å²) in [6.45, 7) is 0.735. The van der Waals surface area contributed by atoms with E-state index in [0.29, 0.717) is 18.1 Å². The van der Waals surface area contributed by atoms with E-state index in [9.17, 15) is 8.42 Å². The van der Waals surface area contributed by atoms with Crippen LogP contribution in [0.25, 0.3) is 0 Å². The van der Waals surface area contributed by atoms with Crippen molar-refractivity contribution in [3.05, 3.63) is 42.0 Å². The summed E-state index contributed by atoms with van der Waals surface area (Å²) in [6.07, 6.45) is 3.30. The summed E-state index contributed by atoms with van der Waals surface area (Å²) in [4.78, 5) is 0. The summed E-state index contributed by atoms with van der Waals surface area (Å²) < 4.78 is 37.6. The molecule has 0 bridgehead atoms. The SMILES string of the molecule is CNCc1ccc(S(=O)(=O)N(Cc2ccco2)C2CC2)o1. The van der Waals surface area contributed by atoms with Crippen molar-refractivity contribution in [2.75, 3.05) is 7.05 Å². The fraction of sp³-hybridized carbons (Fsp3) is 0.429. The molecule has 21 heavy (non-hydrogen) atoms. The van der Waals surface area contributed by atoms with Gasteiger partial charge in [-0.15, -0.1) is 0 Å². The highest BCUT2D eigenvalue weighted by Crippen LogP contribution is 2.34. The lowest BCUT2D eigenvalue weighted by Crippen LogP contribution is -2.32. The molecule has 1 fully saturated rings. The second-order valence-electron chi connectivity index (χ2n) is 5.11. The molecule has 1 aliphatic rings. The molecule has 0 spiro atoms. The average Bonchev–Trinajstić information content (AvgIpc) is 2.96. The van der Waals surface area contributed by atoms with E-state index in [0.717, 1.165) is 12.8 Å². The standard InChI is InChI=1S/C14H18N2O4S/c1-15-9-12-6-7-14(20-12)21(17,18)16(11-4-5-11)10-13-3-2-8-19-13/h2-3,6-8,11,15H,4-5,9-10H2,1H3. The summed E-state index contributed by atoms with van der Waals surface area (Å²) in [5.74, 6) is 1.23. The molecular weight excluding hydrogens is 292 g/mol. The number of hydrogen-bond acceptors (Lipinski definition) is 5. The molecule has 2 aromatic rings. The van der Waals surface area contributed by atoms with Gasteiger partial charge in [-0.25, -0.2) is 8.42 Å². The Morgan fingerprint density at radius 3 is 2.71 bits per heavy atom. The minimum absolute atomic E-state index is 0.00814. The van der Waals surface area contributed by atoms with Crippen molar-refractivity contribution in [1.29, 1.82) is 0 Å². The monoisotopic (exact) mass is 310 g/mol. The maximum Gasteiger partial charge on any atom is 0.277 e. The van der Waals surface area contributed by atoms with Gasteiger partial charge in [0.25, 0.3) is 10.0 Å². The Kier molecular flexibility index (Phi) is 3.88. The van der Waals surface area contributed by atoms with Crippen molar-refractivity contribution in [3.8, 4) is 0 Å². The van der Waals surface area contributed by atoms with Gasteiger partial charge in [-0.2, -0.15) is 4.31 Å². The van der Waals surface area contributed by atoms with Crippen LogP contribution in [0.4, 0.5) is 0 Å². The van der Waals surface area contributed by atoms with Gasteiger partial charge in [0, 0.05) is 6.04 Å². The number of rotatable bonds is 7. The van der Waals surface area contributed by atoms with Gasteiger partial charge in [-0.05, 0) is 44.2 Å². The number of furan rings is 2. The van der Waals surface area contributed by atoms with Crippen LogP contribution in [0.5, 0.6) is 0 Å². The molecule has 114 valence electrons. The van der Waals surface area contributed by atoms with Gasteiger partial charge < -0.3 is 14.2 Å². The normalized spacial score (nSPS) is 15.7. The first kappa shape index (κ1) is 14.4. The van der Waals surface area contributed by atoms with E-state index in [-0.39, 0.29) is 17.7 Å². The Morgan fingerprint density at radius 2 is 2.10 bits per heavy atom. The maximum absolute atomic E-state index is 12.7. The number of nitrogens with one attached hydrogen (secondary N) is 1. The predicted octanol–water partition coefficient (Wildman–Crippen LogP) is 1.95. The summed E-state index contributed by atoms with van der Waals surface area (Å²) >= 11 is 0. The van der Waals surface area contributed by atoms with Gasteiger partial charge in [0.2, 0.25) is 5.09 Å². The van der Waals surface area contributed by atoms with Gasteiger partial charge in [0.1, 0.15) is 11.5 Å². The molecule has 1 saturated carbocycles. The molecular formula is C14H18N2O4S. The highest BCUT2D eigenvalue weighted by atomic mass is 32.2. The number of nitrogens with zero attached hydrogens (tertiary/aromatic N) is 1. The third-order valence-electron chi connectivity index (χ3n) is 3.40. The van der Waals surface area contributed by atoms with Crippen LogP contribution in [-0.4, -0.2) is 25.8 Å². The largest absolute Gasteiger partial charge is 0.468 e. The van der Waals surface area contributed by atoms with Crippen LogP contribution >= 0.6 is 0 Å². The first-order valence-electron chi connectivity index (χ1n) is 6.89. The highest BCUT2D eigenvalue weighted by Gasteiger charge is 2.40. The Morgan fingerprint density at radius 1 is 1.29 bits per heavy atom. The fourth-order valence-corrected chi connectivity index (χ4v) is 3.79. The molecule has 0 unspecified atom stereocenters. The molecule has 2 aromatic heterocycles. The van der Waals surface area contributed by atoms with E-state index in [2.05, 4.69) is 5.32 Å². The van der Waals surface area contributed by atoms with Gasteiger partial charge >= 0.3 is 0 Å². The first-order chi connectivity index (χ1) is 10.1. The third kappa shape index (κ3) is 3.04. The Balaban J connectivity index is 1.85. The van der Waals surface area contributed by atoms with Crippen LogP contribution in [0.1, 0.15) is 24.4 Å². The minimum atomic E-state index is -3.63. The highest BCUT2D eigenvalue weighted by molar-refractivity contribution is 7.89. The van der Waals surface area contributed by atoms with Gasteiger partial charge in [0.05, 0.1) is 19.4 Å². The zero-order valence-electron chi connectivity index (χ0n) is 11.8. The van der Waals surface area contributed by atoms with E-state index < -0.39 is 10.0 Å². The van der Waals surface area contributed by atoms with Crippen molar-refractivity contribution >= 4 is 10.0 Å². The molecule has 0 aliphatic heterocycles. The van der Waals surface area contributed by atoms with Gasteiger partial charge in [-0.1, -0.05) is 0 Å². The van der Waals surface area contributed by atoms with Crippen LogP contribution < -0.4 is 5.32 Å². The van der Waals surface area contributed by atoms with Crippen LogP contribution in [0, 0.1) is 0 Å². The number of hydrogen-bond donors (Lipinski definition) is 1.